The molecule has 1 aliphatic heterocycles. The van der Waals surface area contributed by atoms with E-state index in [-0.39, 0.29) is 0 Å². The van der Waals surface area contributed by atoms with Crippen LogP contribution in [0.1, 0.15) is 33.3 Å². The largest absolute Gasteiger partial charge is 0.340 e. The molecule has 2 heterocycles. The molecule has 4 heteroatoms. The second-order valence-corrected chi connectivity index (χ2v) is 5.79. The van der Waals surface area contributed by atoms with Gasteiger partial charge in [0.05, 0.1) is 0 Å². The van der Waals surface area contributed by atoms with Crippen molar-refractivity contribution in [1.29, 1.82) is 0 Å². The van der Waals surface area contributed by atoms with Crippen molar-refractivity contribution in [2.45, 2.75) is 40.3 Å². The molecular formula is C14H24N4. The van der Waals surface area contributed by atoms with Crippen LogP contribution in [0.25, 0.3) is 0 Å². The molecule has 1 aliphatic rings. The highest BCUT2D eigenvalue weighted by atomic mass is 15.3. The van der Waals surface area contributed by atoms with Crippen LogP contribution in [0.2, 0.25) is 0 Å². The molecule has 1 fully saturated rings. The maximum absolute atomic E-state index is 4.48. The average molecular weight is 248 g/mol. The lowest BCUT2D eigenvalue weighted by Crippen LogP contribution is -2.24. The molecular weight excluding hydrogens is 224 g/mol. The van der Waals surface area contributed by atoms with E-state index < -0.39 is 0 Å². The topological polar surface area (TPSA) is 41.1 Å². The normalized spacial score (nSPS) is 23.9. The fourth-order valence-corrected chi connectivity index (χ4v) is 2.22. The van der Waals surface area contributed by atoms with E-state index >= 15 is 0 Å². The van der Waals surface area contributed by atoms with E-state index in [0.29, 0.717) is 6.04 Å². The van der Waals surface area contributed by atoms with Crippen molar-refractivity contribution < 1.29 is 0 Å². The highest BCUT2D eigenvalue weighted by Gasteiger charge is 2.27. The maximum atomic E-state index is 4.48. The van der Waals surface area contributed by atoms with E-state index in [1.54, 1.807) is 0 Å². The van der Waals surface area contributed by atoms with Crippen LogP contribution in [0.5, 0.6) is 0 Å². The van der Waals surface area contributed by atoms with Gasteiger partial charge in [0.1, 0.15) is 0 Å². The molecule has 0 amide bonds. The molecule has 2 rings (SSSR count). The predicted molar refractivity (Wildman–Crippen MR) is 74.5 cm³/mol. The highest BCUT2D eigenvalue weighted by molar-refractivity contribution is 5.32. The van der Waals surface area contributed by atoms with Crippen LogP contribution in [0.15, 0.2) is 12.4 Å². The minimum absolute atomic E-state index is 0.491. The Balaban J connectivity index is 1.95. The molecule has 1 saturated heterocycles. The lowest BCUT2D eigenvalue weighted by Gasteiger charge is -2.16. The van der Waals surface area contributed by atoms with Crippen molar-refractivity contribution in [3.8, 4) is 0 Å². The van der Waals surface area contributed by atoms with Crippen molar-refractivity contribution in [3.63, 3.8) is 0 Å². The Labute approximate surface area is 110 Å². The quantitative estimate of drug-likeness (QED) is 0.885. The fourth-order valence-electron chi connectivity index (χ4n) is 2.22. The second kappa shape index (κ2) is 5.65. The summed E-state index contributed by atoms with van der Waals surface area (Å²) in [7, 11) is 0. The van der Waals surface area contributed by atoms with Crippen LogP contribution in [-0.2, 0) is 6.54 Å². The first-order valence-electron chi connectivity index (χ1n) is 6.85. The third kappa shape index (κ3) is 3.19. The van der Waals surface area contributed by atoms with Crippen LogP contribution in [-0.4, -0.2) is 29.1 Å². The third-order valence-electron chi connectivity index (χ3n) is 3.68. The molecule has 0 aromatic carbocycles. The van der Waals surface area contributed by atoms with Crippen LogP contribution in [0.4, 0.5) is 5.95 Å². The zero-order valence-corrected chi connectivity index (χ0v) is 11.8. The van der Waals surface area contributed by atoms with E-state index in [1.165, 1.54) is 0 Å². The molecule has 1 N–H and O–H groups in total. The summed E-state index contributed by atoms with van der Waals surface area (Å²) in [5.41, 5.74) is 1.15. The Morgan fingerprint density at radius 3 is 2.28 bits per heavy atom. The number of rotatable bonds is 4. The Hall–Kier alpha value is -1.16. The first-order chi connectivity index (χ1) is 8.56. The van der Waals surface area contributed by atoms with Crippen LogP contribution < -0.4 is 10.2 Å². The number of hydrogen-bond donors (Lipinski definition) is 1. The van der Waals surface area contributed by atoms with Gasteiger partial charge in [-0.25, -0.2) is 9.97 Å². The van der Waals surface area contributed by atoms with E-state index in [1.807, 2.05) is 12.4 Å². The highest BCUT2D eigenvalue weighted by Crippen LogP contribution is 2.24. The standard InChI is InChI=1S/C14H24N4/c1-10(2)15-5-13-6-16-14(17-7-13)18-8-11(3)12(4)9-18/h6-7,10-12,15H,5,8-9H2,1-4H3. The number of anilines is 1. The van der Waals surface area contributed by atoms with E-state index in [2.05, 4.69) is 47.9 Å². The summed E-state index contributed by atoms with van der Waals surface area (Å²) >= 11 is 0. The zero-order valence-electron chi connectivity index (χ0n) is 11.8. The van der Waals surface area contributed by atoms with Crippen LogP contribution in [0, 0.1) is 11.8 Å². The summed E-state index contributed by atoms with van der Waals surface area (Å²) < 4.78 is 0. The Morgan fingerprint density at radius 2 is 1.78 bits per heavy atom. The van der Waals surface area contributed by atoms with Gasteiger partial charge in [-0.05, 0) is 11.8 Å². The fraction of sp³-hybridized carbons (Fsp3) is 0.714. The average Bonchev–Trinajstić information content (AvgIpc) is 2.68. The summed E-state index contributed by atoms with van der Waals surface area (Å²) in [5, 5.41) is 3.37. The molecule has 0 saturated carbocycles. The monoisotopic (exact) mass is 248 g/mol. The Bertz CT molecular complexity index is 364. The van der Waals surface area contributed by atoms with E-state index in [4.69, 9.17) is 0 Å². The number of hydrogen-bond acceptors (Lipinski definition) is 4. The third-order valence-corrected chi connectivity index (χ3v) is 3.68. The minimum atomic E-state index is 0.491. The Morgan fingerprint density at radius 1 is 1.22 bits per heavy atom. The Kier molecular flexibility index (Phi) is 4.17. The SMILES string of the molecule is CC(C)NCc1cnc(N2CC(C)C(C)C2)nc1. The van der Waals surface area contributed by atoms with Crippen molar-refractivity contribution in [1.82, 2.24) is 15.3 Å². The summed E-state index contributed by atoms with van der Waals surface area (Å²) in [6.07, 6.45) is 3.87. The van der Waals surface area contributed by atoms with Gasteiger partial charge in [0, 0.05) is 43.6 Å². The first kappa shape index (κ1) is 13.3. The van der Waals surface area contributed by atoms with Gasteiger partial charge in [-0.3, -0.25) is 0 Å². The second-order valence-electron chi connectivity index (χ2n) is 5.79. The van der Waals surface area contributed by atoms with Crippen molar-refractivity contribution >= 4 is 5.95 Å². The molecule has 2 unspecified atom stereocenters. The molecule has 100 valence electrons. The molecule has 0 bridgehead atoms. The van der Waals surface area contributed by atoms with Gasteiger partial charge in [0.2, 0.25) is 5.95 Å². The number of nitrogens with zero attached hydrogens (tertiary/aromatic N) is 3. The first-order valence-corrected chi connectivity index (χ1v) is 6.85. The van der Waals surface area contributed by atoms with Crippen molar-refractivity contribution in [2.75, 3.05) is 18.0 Å². The lowest BCUT2D eigenvalue weighted by molar-refractivity contribution is 0.494. The molecule has 18 heavy (non-hydrogen) atoms. The van der Waals surface area contributed by atoms with Gasteiger partial charge in [-0.15, -0.1) is 0 Å². The molecule has 4 nitrogen and oxygen atoms in total. The van der Waals surface area contributed by atoms with Gasteiger partial charge in [0.25, 0.3) is 0 Å². The van der Waals surface area contributed by atoms with E-state index in [0.717, 1.165) is 43.0 Å². The zero-order chi connectivity index (χ0) is 13.1. The molecule has 1 aromatic rings. The minimum Gasteiger partial charge on any atom is -0.340 e. The van der Waals surface area contributed by atoms with Crippen LogP contribution >= 0.6 is 0 Å². The predicted octanol–water partition coefficient (Wildman–Crippen LogP) is 2.07. The molecule has 0 aliphatic carbocycles. The van der Waals surface area contributed by atoms with Gasteiger partial charge in [-0.2, -0.15) is 0 Å². The van der Waals surface area contributed by atoms with Gasteiger partial charge < -0.3 is 10.2 Å². The van der Waals surface area contributed by atoms with Crippen molar-refractivity contribution in [2.24, 2.45) is 11.8 Å². The van der Waals surface area contributed by atoms with Gasteiger partial charge in [-0.1, -0.05) is 27.7 Å². The van der Waals surface area contributed by atoms with Crippen molar-refractivity contribution in [3.05, 3.63) is 18.0 Å². The molecule has 1 aromatic heterocycles. The summed E-state index contributed by atoms with van der Waals surface area (Å²) in [4.78, 5) is 11.3. The maximum Gasteiger partial charge on any atom is 0.225 e. The number of aromatic nitrogens is 2. The van der Waals surface area contributed by atoms with Crippen LogP contribution in [0.3, 0.4) is 0 Å². The smallest absolute Gasteiger partial charge is 0.225 e. The van der Waals surface area contributed by atoms with Gasteiger partial charge >= 0.3 is 0 Å². The number of nitrogens with one attached hydrogen (secondary N) is 1. The summed E-state index contributed by atoms with van der Waals surface area (Å²) in [6, 6.07) is 0.491. The molecule has 2 atom stereocenters. The summed E-state index contributed by atoms with van der Waals surface area (Å²) in [5.74, 6) is 2.34. The molecule has 0 radical (unpaired) electrons. The summed E-state index contributed by atoms with van der Waals surface area (Å²) in [6.45, 7) is 11.9. The lowest BCUT2D eigenvalue weighted by atomic mass is 10.0. The van der Waals surface area contributed by atoms with E-state index in [9.17, 15) is 0 Å². The van der Waals surface area contributed by atoms with Gasteiger partial charge in [0.15, 0.2) is 0 Å². The molecule has 0 spiro atoms.